The number of carbonyl (C=O) groups is 1. The molecular formula is C17H17BrN2O. The van der Waals surface area contributed by atoms with Crippen LogP contribution in [-0.2, 0) is 11.2 Å². The van der Waals surface area contributed by atoms with Crippen molar-refractivity contribution in [2.24, 2.45) is 0 Å². The van der Waals surface area contributed by atoms with Crippen molar-refractivity contribution in [3.05, 3.63) is 64.1 Å². The first-order valence-corrected chi connectivity index (χ1v) is 7.83. The van der Waals surface area contributed by atoms with E-state index < -0.39 is 0 Å². The lowest BCUT2D eigenvalue weighted by Gasteiger charge is -2.18. The van der Waals surface area contributed by atoms with Gasteiger partial charge < -0.3 is 10.6 Å². The highest BCUT2D eigenvalue weighted by atomic mass is 79.9. The van der Waals surface area contributed by atoms with E-state index in [4.69, 9.17) is 0 Å². The molecule has 2 aromatic carbocycles. The molecule has 0 saturated heterocycles. The van der Waals surface area contributed by atoms with Crippen LogP contribution in [0.15, 0.2) is 53.0 Å². The Labute approximate surface area is 132 Å². The molecule has 3 nitrogen and oxygen atoms in total. The number of hydrogen-bond acceptors (Lipinski definition) is 2. The zero-order valence-corrected chi connectivity index (χ0v) is 13.4. The van der Waals surface area contributed by atoms with Crippen LogP contribution in [0.4, 0.5) is 5.69 Å². The monoisotopic (exact) mass is 344 g/mol. The number of anilines is 1. The molecule has 21 heavy (non-hydrogen) atoms. The summed E-state index contributed by atoms with van der Waals surface area (Å²) in [5.41, 5.74) is 3.37. The van der Waals surface area contributed by atoms with E-state index in [1.807, 2.05) is 49.4 Å². The maximum Gasteiger partial charge on any atom is 0.243 e. The van der Waals surface area contributed by atoms with Crippen molar-refractivity contribution in [3.63, 3.8) is 0 Å². The average molecular weight is 345 g/mol. The molecule has 2 N–H and O–H groups in total. The molecular weight excluding hydrogens is 328 g/mol. The Bertz CT molecular complexity index is 629. The zero-order valence-electron chi connectivity index (χ0n) is 11.8. The van der Waals surface area contributed by atoms with Crippen molar-refractivity contribution in [2.75, 3.05) is 5.32 Å². The maximum atomic E-state index is 12.4. The van der Waals surface area contributed by atoms with E-state index in [2.05, 4.69) is 32.6 Å². The predicted octanol–water partition coefficient (Wildman–Crippen LogP) is 3.66. The van der Waals surface area contributed by atoms with Crippen LogP contribution in [0.3, 0.4) is 0 Å². The molecule has 0 bridgehead atoms. The van der Waals surface area contributed by atoms with Crippen molar-refractivity contribution >= 4 is 27.5 Å². The fraction of sp³-hybridized carbons (Fsp3) is 0.235. The van der Waals surface area contributed by atoms with Gasteiger partial charge in [-0.05, 0) is 36.2 Å². The topological polar surface area (TPSA) is 41.1 Å². The summed E-state index contributed by atoms with van der Waals surface area (Å²) in [5, 5.41) is 6.36. The van der Waals surface area contributed by atoms with E-state index in [0.717, 1.165) is 22.1 Å². The van der Waals surface area contributed by atoms with Gasteiger partial charge in [0.05, 0.1) is 6.04 Å². The van der Waals surface area contributed by atoms with Crippen molar-refractivity contribution in [1.29, 1.82) is 0 Å². The third-order valence-corrected chi connectivity index (χ3v) is 4.35. The number of fused-ring (bicyclic) bond motifs is 1. The van der Waals surface area contributed by atoms with Crippen LogP contribution >= 0.6 is 15.9 Å². The van der Waals surface area contributed by atoms with Crippen molar-refractivity contribution < 1.29 is 4.79 Å². The molecule has 1 aliphatic heterocycles. The van der Waals surface area contributed by atoms with Gasteiger partial charge >= 0.3 is 0 Å². The summed E-state index contributed by atoms with van der Waals surface area (Å²) >= 11 is 3.42. The summed E-state index contributed by atoms with van der Waals surface area (Å²) in [6.45, 7) is 2.00. The second-order valence-corrected chi connectivity index (χ2v) is 6.26. The number of benzene rings is 2. The van der Waals surface area contributed by atoms with E-state index in [1.54, 1.807) is 0 Å². The highest BCUT2D eigenvalue weighted by molar-refractivity contribution is 9.10. The van der Waals surface area contributed by atoms with Gasteiger partial charge in [-0.1, -0.05) is 46.3 Å². The predicted molar refractivity (Wildman–Crippen MR) is 88.3 cm³/mol. The summed E-state index contributed by atoms with van der Waals surface area (Å²) in [7, 11) is 0. The number of carbonyl (C=O) groups excluding carboxylic acids is 1. The summed E-state index contributed by atoms with van der Waals surface area (Å²) in [5.74, 6) is 0.0432. The standard InChI is InChI=1S/C17H17BrN2O/c1-11(12-6-8-14(18)9-7-12)19-17(21)16-10-13-4-2-3-5-15(13)20-16/h2-9,11,16,20H,10H2,1H3,(H,19,21)/t11-,16+/m1/s1. The summed E-state index contributed by atoms with van der Waals surface area (Å²) in [4.78, 5) is 12.4. The third-order valence-electron chi connectivity index (χ3n) is 3.82. The molecule has 0 aliphatic carbocycles. The van der Waals surface area contributed by atoms with Crippen LogP contribution in [0.2, 0.25) is 0 Å². The number of rotatable bonds is 3. The Hall–Kier alpha value is -1.81. The first-order chi connectivity index (χ1) is 10.1. The van der Waals surface area contributed by atoms with Gasteiger partial charge in [-0.25, -0.2) is 0 Å². The van der Waals surface area contributed by atoms with Crippen LogP contribution in [0.1, 0.15) is 24.1 Å². The second kappa shape index (κ2) is 5.90. The van der Waals surface area contributed by atoms with Crippen molar-refractivity contribution in [3.8, 4) is 0 Å². The largest absolute Gasteiger partial charge is 0.373 e. The molecule has 0 unspecified atom stereocenters. The van der Waals surface area contributed by atoms with E-state index in [-0.39, 0.29) is 18.0 Å². The normalized spacial score (nSPS) is 17.7. The average Bonchev–Trinajstić information content (AvgIpc) is 2.92. The molecule has 2 aromatic rings. The molecule has 1 aliphatic rings. The molecule has 0 fully saturated rings. The van der Waals surface area contributed by atoms with Crippen molar-refractivity contribution in [1.82, 2.24) is 5.32 Å². The van der Waals surface area contributed by atoms with Crippen LogP contribution in [0.25, 0.3) is 0 Å². The van der Waals surface area contributed by atoms with E-state index in [9.17, 15) is 4.79 Å². The molecule has 108 valence electrons. The number of para-hydroxylation sites is 1. The van der Waals surface area contributed by atoms with Crippen LogP contribution in [0, 0.1) is 0 Å². The highest BCUT2D eigenvalue weighted by Crippen LogP contribution is 2.25. The summed E-state index contributed by atoms with van der Waals surface area (Å²) in [6.07, 6.45) is 0.745. The van der Waals surface area contributed by atoms with Gasteiger partial charge in [0.2, 0.25) is 5.91 Å². The lowest BCUT2D eigenvalue weighted by molar-refractivity contribution is -0.122. The minimum atomic E-state index is -0.180. The Kier molecular flexibility index (Phi) is 3.97. The minimum absolute atomic E-state index is 0.00360. The zero-order chi connectivity index (χ0) is 14.8. The number of amides is 1. The van der Waals surface area contributed by atoms with Crippen LogP contribution in [0.5, 0.6) is 0 Å². The Morgan fingerprint density at radius 2 is 1.95 bits per heavy atom. The lowest BCUT2D eigenvalue weighted by atomic mass is 10.1. The van der Waals surface area contributed by atoms with E-state index in [1.165, 1.54) is 5.56 Å². The molecule has 0 saturated carbocycles. The Morgan fingerprint density at radius 1 is 1.24 bits per heavy atom. The smallest absolute Gasteiger partial charge is 0.243 e. The number of nitrogens with one attached hydrogen (secondary N) is 2. The molecule has 2 atom stereocenters. The van der Waals surface area contributed by atoms with Gasteiger partial charge in [0.1, 0.15) is 6.04 Å². The minimum Gasteiger partial charge on any atom is -0.373 e. The van der Waals surface area contributed by atoms with Crippen LogP contribution < -0.4 is 10.6 Å². The van der Waals surface area contributed by atoms with Gasteiger partial charge in [0.25, 0.3) is 0 Å². The second-order valence-electron chi connectivity index (χ2n) is 5.34. The van der Waals surface area contributed by atoms with Gasteiger partial charge in [-0.3, -0.25) is 4.79 Å². The van der Waals surface area contributed by atoms with E-state index in [0.29, 0.717) is 0 Å². The molecule has 0 aromatic heterocycles. The first-order valence-electron chi connectivity index (χ1n) is 7.04. The van der Waals surface area contributed by atoms with Gasteiger partial charge in [0.15, 0.2) is 0 Å². The fourth-order valence-corrected chi connectivity index (χ4v) is 2.87. The molecule has 0 radical (unpaired) electrons. The molecule has 0 spiro atoms. The number of hydrogen-bond donors (Lipinski definition) is 2. The SMILES string of the molecule is C[C@@H](NC(=O)[C@@H]1Cc2ccccc2N1)c1ccc(Br)cc1. The number of halogens is 1. The lowest BCUT2D eigenvalue weighted by Crippen LogP contribution is -2.39. The van der Waals surface area contributed by atoms with Gasteiger partial charge in [-0.2, -0.15) is 0 Å². The van der Waals surface area contributed by atoms with Crippen LogP contribution in [-0.4, -0.2) is 11.9 Å². The van der Waals surface area contributed by atoms with Gasteiger partial charge in [0, 0.05) is 16.6 Å². The third kappa shape index (κ3) is 3.10. The van der Waals surface area contributed by atoms with E-state index >= 15 is 0 Å². The quantitative estimate of drug-likeness (QED) is 0.891. The molecule has 1 heterocycles. The Morgan fingerprint density at radius 3 is 2.67 bits per heavy atom. The fourth-order valence-electron chi connectivity index (χ4n) is 2.60. The summed E-state index contributed by atoms with van der Waals surface area (Å²) < 4.78 is 1.04. The highest BCUT2D eigenvalue weighted by Gasteiger charge is 2.27. The van der Waals surface area contributed by atoms with Crippen molar-refractivity contribution in [2.45, 2.75) is 25.4 Å². The Balaban J connectivity index is 1.64. The summed E-state index contributed by atoms with van der Waals surface area (Å²) in [6, 6.07) is 15.9. The molecule has 4 heteroatoms. The maximum absolute atomic E-state index is 12.4. The molecule has 1 amide bonds. The first kappa shape index (κ1) is 14.1. The van der Waals surface area contributed by atoms with Gasteiger partial charge in [-0.15, -0.1) is 0 Å². The molecule has 3 rings (SSSR count).